The van der Waals surface area contributed by atoms with E-state index in [9.17, 15) is 0 Å². The molecule has 0 amide bonds. The van der Waals surface area contributed by atoms with Crippen LogP contribution >= 0.6 is 24.8 Å². The molecule has 1 saturated heterocycles. The normalized spacial score (nSPS) is 31.9. The highest BCUT2D eigenvalue weighted by atomic mass is 35.5. The zero-order chi connectivity index (χ0) is 6.32. The summed E-state index contributed by atoms with van der Waals surface area (Å²) in [5.41, 5.74) is 6.34. The molecule has 1 spiro atoms. The second-order valence-electron chi connectivity index (χ2n) is 3.46. The van der Waals surface area contributed by atoms with Gasteiger partial charge in [-0.15, -0.1) is 24.8 Å². The van der Waals surface area contributed by atoms with Crippen molar-refractivity contribution in [1.29, 1.82) is 0 Å². The van der Waals surface area contributed by atoms with Crippen molar-refractivity contribution in [3.05, 3.63) is 0 Å². The minimum Gasteiger partial charge on any atom is -0.328 e. The van der Waals surface area contributed by atoms with Gasteiger partial charge < -0.3 is 11.1 Å². The van der Waals surface area contributed by atoms with Crippen LogP contribution in [0.1, 0.15) is 25.7 Å². The molecular weight excluding hydrogens is 183 g/mol. The van der Waals surface area contributed by atoms with Crippen LogP contribution in [0.2, 0.25) is 0 Å². The number of hydrogen-bond acceptors (Lipinski definition) is 2. The maximum absolute atomic E-state index is 5.81. The van der Waals surface area contributed by atoms with Crippen LogP contribution in [-0.4, -0.2) is 18.1 Å². The molecule has 2 aliphatic rings. The molecule has 1 unspecified atom stereocenters. The molecule has 0 aromatic heterocycles. The Hall–Kier alpha value is 0.500. The standard InChI is InChI=1S/C7H14N2.2ClH/c8-6-1-4-9-7(5-6)2-3-7;;/h6,9H,1-5,8H2;2*1H. The molecule has 4 heteroatoms. The second-order valence-corrected chi connectivity index (χ2v) is 3.46. The lowest BCUT2D eigenvalue weighted by Crippen LogP contribution is -2.45. The predicted octanol–water partition coefficient (Wildman–Crippen LogP) is 1.07. The third-order valence-electron chi connectivity index (χ3n) is 2.52. The largest absolute Gasteiger partial charge is 0.328 e. The smallest absolute Gasteiger partial charge is 0.0197 e. The first-order valence-corrected chi connectivity index (χ1v) is 3.81. The lowest BCUT2D eigenvalue weighted by Gasteiger charge is -2.27. The fourth-order valence-electron chi connectivity index (χ4n) is 1.73. The molecule has 68 valence electrons. The number of nitrogens with one attached hydrogen (secondary N) is 1. The average molecular weight is 199 g/mol. The van der Waals surface area contributed by atoms with Crippen LogP contribution in [0.25, 0.3) is 0 Å². The Labute approximate surface area is 80.1 Å². The highest BCUT2D eigenvalue weighted by Crippen LogP contribution is 2.41. The van der Waals surface area contributed by atoms with Crippen LogP contribution in [0.15, 0.2) is 0 Å². The number of rotatable bonds is 0. The van der Waals surface area contributed by atoms with Crippen molar-refractivity contribution in [2.75, 3.05) is 6.54 Å². The molecule has 11 heavy (non-hydrogen) atoms. The van der Waals surface area contributed by atoms with Crippen LogP contribution in [-0.2, 0) is 0 Å². The lowest BCUT2D eigenvalue weighted by molar-refractivity contribution is 0.346. The number of piperidine rings is 1. The highest BCUT2D eigenvalue weighted by Gasteiger charge is 2.44. The monoisotopic (exact) mass is 198 g/mol. The van der Waals surface area contributed by atoms with Gasteiger partial charge >= 0.3 is 0 Å². The zero-order valence-corrected chi connectivity index (χ0v) is 8.14. The third-order valence-corrected chi connectivity index (χ3v) is 2.52. The molecular formula is C7H16Cl2N2. The Kier molecular flexibility index (Phi) is 4.12. The van der Waals surface area contributed by atoms with Crippen LogP contribution in [0.3, 0.4) is 0 Å². The van der Waals surface area contributed by atoms with E-state index < -0.39 is 0 Å². The summed E-state index contributed by atoms with van der Waals surface area (Å²) in [6.45, 7) is 1.14. The first-order chi connectivity index (χ1) is 4.31. The fourth-order valence-corrected chi connectivity index (χ4v) is 1.73. The van der Waals surface area contributed by atoms with Gasteiger partial charge in [0.05, 0.1) is 0 Å². The summed E-state index contributed by atoms with van der Waals surface area (Å²) >= 11 is 0. The van der Waals surface area contributed by atoms with E-state index in [-0.39, 0.29) is 24.8 Å². The van der Waals surface area contributed by atoms with E-state index in [1.54, 1.807) is 0 Å². The van der Waals surface area contributed by atoms with Crippen LogP contribution in [0.4, 0.5) is 0 Å². The second kappa shape index (κ2) is 3.94. The van der Waals surface area contributed by atoms with Crippen LogP contribution < -0.4 is 11.1 Å². The minimum atomic E-state index is 0. The van der Waals surface area contributed by atoms with Gasteiger partial charge in [0.2, 0.25) is 0 Å². The van der Waals surface area contributed by atoms with Gasteiger partial charge in [0, 0.05) is 11.6 Å². The Morgan fingerprint density at radius 3 is 2.27 bits per heavy atom. The molecule has 1 aliphatic carbocycles. The van der Waals surface area contributed by atoms with Gasteiger partial charge in [0.15, 0.2) is 0 Å². The summed E-state index contributed by atoms with van der Waals surface area (Å²) in [5, 5.41) is 3.52. The maximum Gasteiger partial charge on any atom is 0.0197 e. The fraction of sp³-hybridized carbons (Fsp3) is 1.00. The SMILES string of the molecule is Cl.Cl.NC1CCNC2(CC2)C1. The van der Waals surface area contributed by atoms with Crippen molar-refractivity contribution in [3.8, 4) is 0 Å². The van der Waals surface area contributed by atoms with Crippen molar-refractivity contribution < 1.29 is 0 Å². The number of hydrogen-bond donors (Lipinski definition) is 2. The van der Waals surface area contributed by atoms with E-state index >= 15 is 0 Å². The quantitative estimate of drug-likeness (QED) is 0.612. The van der Waals surface area contributed by atoms with Crippen molar-refractivity contribution in [1.82, 2.24) is 5.32 Å². The van der Waals surface area contributed by atoms with Crippen molar-refractivity contribution >= 4 is 24.8 Å². The summed E-state index contributed by atoms with van der Waals surface area (Å²) in [6, 6.07) is 0.480. The molecule has 0 aromatic carbocycles. The molecule has 2 rings (SSSR count). The van der Waals surface area contributed by atoms with E-state index in [0.29, 0.717) is 11.6 Å². The van der Waals surface area contributed by atoms with Crippen molar-refractivity contribution in [2.45, 2.75) is 37.3 Å². The van der Waals surface area contributed by atoms with Gasteiger partial charge in [0.25, 0.3) is 0 Å². The minimum absolute atomic E-state index is 0. The van der Waals surface area contributed by atoms with Crippen LogP contribution in [0, 0.1) is 0 Å². The molecule has 1 saturated carbocycles. The Balaban J connectivity index is 0.000000500. The molecule has 2 nitrogen and oxygen atoms in total. The zero-order valence-electron chi connectivity index (χ0n) is 6.51. The van der Waals surface area contributed by atoms with Gasteiger partial charge in [0.1, 0.15) is 0 Å². The van der Waals surface area contributed by atoms with E-state index in [1.165, 1.54) is 25.7 Å². The predicted molar refractivity (Wildman–Crippen MR) is 51.7 cm³/mol. The van der Waals surface area contributed by atoms with Gasteiger partial charge in [-0.3, -0.25) is 0 Å². The topological polar surface area (TPSA) is 38.0 Å². The average Bonchev–Trinajstić information content (AvgIpc) is 2.49. The van der Waals surface area contributed by atoms with Gasteiger partial charge in [-0.05, 0) is 32.2 Å². The molecule has 2 fully saturated rings. The van der Waals surface area contributed by atoms with Gasteiger partial charge in [-0.25, -0.2) is 0 Å². The van der Waals surface area contributed by atoms with E-state index in [4.69, 9.17) is 5.73 Å². The Morgan fingerprint density at radius 2 is 1.91 bits per heavy atom. The van der Waals surface area contributed by atoms with Crippen molar-refractivity contribution in [2.24, 2.45) is 5.73 Å². The highest BCUT2D eigenvalue weighted by molar-refractivity contribution is 5.85. The molecule has 0 aromatic rings. The molecule has 3 N–H and O–H groups in total. The molecule has 1 aliphatic heterocycles. The van der Waals surface area contributed by atoms with Gasteiger partial charge in [-0.1, -0.05) is 0 Å². The van der Waals surface area contributed by atoms with Gasteiger partial charge in [-0.2, -0.15) is 0 Å². The molecule has 1 heterocycles. The Bertz CT molecular complexity index is 126. The number of nitrogens with two attached hydrogens (primary N) is 1. The summed E-state index contributed by atoms with van der Waals surface area (Å²) in [5.74, 6) is 0. The van der Waals surface area contributed by atoms with E-state index in [2.05, 4.69) is 5.32 Å². The molecule has 1 atom stereocenters. The third kappa shape index (κ3) is 2.48. The summed E-state index contributed by atoms with van der Waals surface area (Å²) in [6.07, 6.45) is 5.11. The van der Waals surface area contributed by atoms with E-state index in [0.717, 1.165) is 6.54 Å². The molecule has 0 bridgehead atoms. The molecule has 0 radical (unpaired) electrons. The summed E-state index contributed by atoms with van der Waals surface area (Å²) in [4.78, 5) is 0. The Morgan fingerprint density at radius 1 is 1.27 bits per heavy atom. The van der Waals surface area contributed by atoms with E-state index in [1.807, 2.05) is 0 Å². The summed E-state index contributed by atoms with van der Waals surface area (Å²) in [7, 11) is 0. The summed E-state index contributed by atoms with van der Waals surface area (Å²) < 4.78 is 0. The van der Waals surface area contributed by atoms with Crippen molar-refractivity contribution in [3.63, 3.8) is 0 Å². The maximum atomic E-state index is 5.81. The first-order valence-electron chi connectivity index (χ1n) is 3.81. The first kappa shape index (κ1) is 11.5. The lowest BCUT2D eigenvalue weighted by atomic mass is 9.99. The number of halogens is 2. The van der Waals surface area contributed by atoms with Crippen LogP contribution in [0.5, 0.6) is 0 Å².